The zero-order valence-corrected chi connectivity index (χ0v) is 21.4. The molecule has 1 aliphatic rings. The highest BCUT2D eigenvalue weighted by atomic mass is 16.6. The Bertz CT molecular complexity index is 1330. The topological polar surface area (TPSA) is 98.1 Å². The molecule has 1 amide bonds. The van der Waals surface area contributed by atoms with Gasteiger partial charge in [-0.25, -0.2) is 4.79 Å². The second kappa shape index (κ2) is 12.4. The molecule has 9 nitrogen and oxygen atoms in total. The van der Waals surface area contributed by atoms with Crippen LogP contribution in [-0.2, 0) is 11.3 Å². The minimum absolute atomic E-state index is 0.150. The first-order valence-electron chi connectivity index (χ1n) is 12.8. The molecule has 4 aromatic rings. The van der Waals surface area contributed by atoms with Crippen molar-refractivity contribution < 1.29 is 23.4 Å². The van der Waals surface area contributed by atoms with Gasteiger partial charge in [0.2, 0.25) is 0 Å². The van der Waals surface area contributed by atoms with E-state index in [9.17, 15) is 4.79 Å². The largest absolute Gasteiger partial charge is 0.493 e. The van der Waals surface area contributed by atoms with E-state index in [0.717, 1.165) is 62.5 Å². The van der Waals surface area contributed by atoms with Crippen LogP contribution >= 0.6 is 0 Å². The second-order valence-electron chi connectivity index (χ2n) is 9.04. The average Bonchev–Trinajstić information content (AvgIpc) is 3.27. The summed E-state index contributed by atoms with van der Waals surface area (Å²) in [7, 11) is 0. The molecule has 2 N–H and O–H groups in total. The van der Waals surface area contributed by atoms with E-state index in [-0.39, 0.29) is 5.95 Å². The monoisotopic (exact) mass is 516 g/mol. The highest BCUT2D eigenvalue weighted by Crippen LogP contribution is 2.37. The van der Waals surface area contributed by atoms with Crippen molar-refractivity contribution in [2.75, 3.05) is 49.7 Å². The van der Waals surface area contributed by atoms with Crippen LogP contribution in [0.1, 0.15) is 17.5 Å². The second-order valence-corrected chi connectivity index (χ2v) is 9.04. The van der Waals surface area contributed by atoms with Gasteiger partial charge in [0.15, 0.2) is 0 Å². The molecular weight excluding hydrogens is 484 g/mol. The number of fused-ring (bicyclic) bond motifs is 1. The lowest BCUT2D eigenvalue weighted by molar-refractivity contribution is 0.122. The lowest BCUT2D eigenvalue weighted by atomic mass is 10.1. The van der Waals surface area contributed by atoms with E-state index in [1.165, 1.54) is 0 Å². The normalized spacial score (nSPS) is 13.4. The van der Waals surface area contributed by atoms with Crippen molar-refractivity contribution >= 4 is 28.4 Å². The molecule has 9 heteroatoms. The van der Waals surface area contributed by atoms with Crippen LogP contribution in [0.15, 0.2) is 71.4 Å². The molecule has 38 heavy (non-hydrogen) atoms. The van der Waals surface area contributed by atoms with Crippen molar-refractivity contribution in [3.05, 3.63) is 78.1 Å². The molecule has 1 fully saturated rings. The molecule has 0 radical (unpaired) electrons. The Morgan fingerprint density at radius 1 is 1.08 bits per heavy atom. The molecule has 5 rings (SSSR count). The van der Waals surface area contributed by atoms with Crippen LogP contribution in [0.3, 0.4) is 0 Å². The SMILES string of the molecule is Cc1c(OC(=O)Nc2ccc(N3CCOCC3)cc2)oc2cccc(OCCCNCc3cccnc3)c12. The Morgan fingerprint density at radius 3 is 2.71 bits per heavy atom. The summed E-state index contributed by atoms with van der Waals surface area (Å²) in [6.45, 7) is 7.14. The number of morpholine rings is 1. The highest BCUT2D eigenvalue weighted by Gasteiger charge is 2.19. The summed E-state index contributed by atoms with van der Waals surface area (Å²) in [5.41, 5.74) is 4.20. The smallest absolute Gasteiger partial charge is 0.419 e. The number of carbonyl (C=O) groups is 1. The molecule has 0 unspecified atom stereocenters. The van der Waals surface area contributed by atoms with Gasteiger partial charge in [0.1, 0.15) is 11.3 Å². The third kappa shape index (κ3) is 6.42. The number of hydrogen-bond acceptors (Lipinski definition) is 8. The summed E-state index contributed by atoms with van der Waals surface area (Å²) in [5, 5.41) is 6.96. The number of hydrogen-bond donors (Lipinski definition) is 2. The summed E-state index contributed by atoms with van der Waals surface area (Å²) in [5.74, 6) is 0.849. The average molecular weight is 517 g/mol. The third-order valence-corrected chi connectivity index (χ3v) is 6.35. The third-order valence-electron chi connectivity index (χ3n) is 6.35. The first-order valence-corrected chi connectivity index (χ1v) is 12.8. The van der Waals surface area contributed by atoms with Gasteiger partial charge >= 0.3 is 6.09 Å². The lowest BCUT2D eigenvalue weighted by Crippen LogP contribution is -2.36. The molecule has 1 saturated heterocycles. The van der Waals surface area contributed by atoms with Crippen LogP contribution in [0.4, 0.5) is 16.2 Å². The van der Waals surface area contributed by atoms with E-state index >= 15 is 0 Å². The van der Waals surface area contributed by atoms with Crippen molar-refractivity contribution in [2.24, 2.45) is 0 Å². The van der Waals surface area contributed by atoms with E-state index in [2.05, 4.69) is 20.5 Å². The summed E-state index contributed by atoms with van der Waals surface area (Å²) in [4.78, 5) is 19.0. The van der Waals surface area contributed by atoms with E-state index in [4.69, 9.17) is 18.6 Å². The predicted molar refractivity (Wildman–Crippen MR) is 146 cm³/mol. The standard InChI is InChI=1S/C29H32N4O5/c1-21-27-25(36-16-4-13-31-20-22-5-3-12-30-19-22)6-2-7-26(27)37-28(21)38-29(34)32-23-8-10-24(11-9-23)33-14-17-35-18-15-33/h2-3,5-12,19,31H,4,13-18,20H2,1H3,(H,32,34). The van der Waals surface area contributed by atoms with Crippen molar-refractivity contribution in [2.45, 2.75) is 19.9 Å². The number of amides is 1. The number of furan rings is 1. The molecule has 0 aliphatic carbocycles. The number of aryl methyl sites for hydroxylation is 1. The van der Waals surface area contributed by atoms with Crippen LogP contribution in [0.2, 0.25) is 0 Å². The Morgan fingerprint density at radius 2 is 1.92 bits per heavy atom. The summed E-state index contributed by atoms with van der Waals surface area (Å²) >= 11 is 0. The summed E-state index contributed by atoms with van der Waals surface area (Å²) < 4.78 is 22.8. The van der Waals surface area contributed by atoms with Crippen molar-refractivity contribution in [1.29, 1.82) is 0 Å². The minimum Gasteiger partial charge on any atom is -0.493 e. The van der Waals surface area contributed by atoms with E-state index in [0.29, 0.717) is 29.2 Å². The van der Waals surface area contributed by atoms with Crippen LogP contribution in [0.5, 0.6) is 11.7 Å². The number of rotatable bonds is 10. The molecule has 0 saturated carbocycles. The number of nitrogens with zero attached hydrogens (tertiary/aromatic N) is 2. The Kier molecular flexibility index (Phi) is 8.37. The molecule has 2 aromatic heterocycles. The number of benzene rings is 2. The predicted octanol–water partition coefficient (Wildman–Crippen LogP) is 5.14. The van der Waals surface area contributed by atoms with Gasteiger partial charge in [0.05, 0.1) is 25.2 Å². The first kappa shape index (κ1) is 25.6. The molecule has 0 atom stereocenters. The van der Waals surface area contributed by atoms with Crippen LogP contribution in [-0.4, -0.2) is 50.5 Å². The number of aromatic nitrogens is 1. The van der Waals surface area contributed by atoms with Crippen molar-refractivity contribution in [3.63, 3.8) is 0 Å². The number of pyridine rings is 1. The van der Waals surface area contributed by atoms with Crippen molar-refractivity contribution in [3.8, 4) is 11.7 Å². The summed E-state index contributed by atoms with van der Waals surface area (Å²) in [6.07, 6.45) is 3.84. The molecule has 0 bridgehead atoms. The first-order chi connectivity index (χ1) is 18.7. The van der Waals surface area contributed by atoms with Gasteiger partial charge in [-0.1, -0.05) is 12.1 Å². The van der Waals surface area contributed by atoms with Crippen LogP contribution in [0, 0.1) is 6.92 Å². The Balaban J connectivity index is 1.14. The number of nitrogens with one attached hydrogen (secondary N) is 2. The fourth-order valence-electron chi connectivity index (χ4n) is 4.38. The maximum atomic E-state index is 12.6. The fraction of sp³-hybridized carbons (Fsp3) is 0.310. The van der Waals surface area contributed by atoms with Crippen LogP contribution in [0.25, 0.3) is 11.0 Å². The number of ether oxygens (including phenoxy) is 3. The number of carbonyl (C=O) groups excluding carboxylic acids is 1. The van der Waals surface area contributed by atoms with E-state index < -0.39 is 6.09 Å². The zero-order chi connectivity index (χ0) is 26.2. The number of anilines is 2. The maximum absolute atomic E-state index is 12.6. The molecule has 3 heterocycles. The van der Waals surface area contributed by atoms with Gasteiger partial charge in [-0.2, -0.15) is 0 Å². The minimum atomic E-state index is -0.617. The van der Waals surface area contributed by atoms with Gasteiger partial charge in [-0.3, -0.25) is 10.3 Å². The maximum Gasteiger partial charge on any atom is 0.419 e. The summed E-state index contributed by atoms with van der Waals surface area (Å²) in [6, 6.07) is 17.2. The van der Waals surface area contributed by atoms with Gasteiger partial charge < -0.3 is 28.8 Å². The molecule has 1 aliphatic heterocycles. The Labute approximate surface area is 221 Å². The molecule has 0 spiro atoms. The quantitative estimate of drug-likeness (QED) is 0.280. The van der Waals surface area contributed by atoms with Gasteiger partial charge in [-0.15, -0.1) is 0 Å². The highest BCUT2D eigenvalue weighted by molar-refractivity contribution is 5.91. The molecule has 2 aromatic carbocycles. The molecule has 198 valence electrons. The van der Waals surface area contributed by atoms with Crippen LogP contribution < -0.4 is 25.0 Å². The van der Waals surface area contributed by atoms with Crippen molar-refractivity contribution in [1.82, 2.24) is 10.3 Å². The van der Waals surface area contributed by atoms with E-state index in [1.807, 2.05) is 67.7 Å². The fourth-order valence-corrected chi connectivity index (χ4v) is 4.38. The van der Waals surface area contributed by atoms with Gasteiger partial charge in [-0.05, 0) is 67.9 Å². The lowest BCUT2D eigenvalue weighted by Gasteiger charge is -2.28. The molecular formula is C29H32N4O5. The zero-order valence-electron chi connectivity index (χ0n) is 21.4. The van der Waals surface area contributed by atoms with Gasteiger partial charge in [0.25, 0.3) is 5.95 Å². The van der Waals surface area contributed by atoms with E-state index in [1.54, 1.807) is 6.20 Å². The van der Waals surface area contributed by atoms with Gasteiger partial charge in [0, 0.05) is 49.0 Å². The Hall–Kier alpha value is -4.08.